The second kappa shape index (κ2) is 7.37. The number of hydrogen-bond acceptors (Lipinski definition) is 5. The molecule has 1 aromatic rings. The van der Waals surface area contributed by atoms with Crippen molar-refractivity contribution in [2.24, 2.45) is 5.92 Å². The summed E-state index contributed by atoms with van der Waals surface area (Å²) in [5.74, 6) is -1.29. The van der Waals surface area contributed by atoms with Crippen LogP contribution < -0.4 is 5.32 Å². The molecule has 0 heterocycles. The Morgan fingerprint density at radius 1 is 1.30 bits per heavy atom. The van der Waals surface area contributed by atoms with Crippen LogP contribution in [0.5, 0.6) is 11.5 Å². The lowest BCUT2D eigenvalue weighted by Crippen LogP contribution is -2.30. The predicted molar refractivity (Wildman–Crippen MR) is 72.5 cm³/mol. The summed E-state index contributed by atoms with van der Waals surface area (Å²) in [6.07, 6.45) is 0.846. The predicted octanol–water partition coefficient (Wildman–Crippen LogP) is 1.42. The van der Waals surface area contributed by atoms with E-state index in [-0.39, 0.29) is 11.3 Å². The Balaban J connectivity index is 2.41. The molecule has 0 fully saturated rings. The van der Waals surface area contributed by atoms with Crippen molar-refractivity contribution in [3.63, 3.8) is 0 Å². The van der Waals surface area contributed by atoms with Gasteiger partial charge >= 0.3 is 5.97 Å². The van der Waals surface area contributed by atoms with Crippen molar-refractivity contribution < 1.29 is 24.5 Å². The fraction of sp³-hybridized carbons (Fsp3) is 0.429. The number of esters is 1. The minimum atomic E-state index is -0.818. The van der Waals surface area contributed by atoms with Crippen LogP contribution in [0.1, 0.15) is 30.6 Å². The van der Waals surface area contributed by atoms with E-state index in [0.717, 1.165) is 12.5 Å². The van der Waals surface area contributed by atoms with Crippen molar-refractivity contribution >= 4 is 11.9 Å². The number of phenolic OH excluding ortho intramolecular Hbond substituents is 2. The summed E-state index contributed by atoms with van der Waals surface area (Å²) in [7, 11) is 0. The van der Waals surface area contributed by atoms with Crippen LogP contribution in [0.3, 0.4) is 0 Å². The van der Waals surface area contributed by atoms with Crippen molar-refractivity contribution in [1.29, 1.82) is 0 Å². The summed E-state index contributed by atoms with van der Waals surface area (Å²) in [6, 6.07) is 3.50. The van der Waals surface area contributed by atoms with Gasteiger partial charge in [0.25, 0.3) is 5.91 Å². The smallest absolute Gasteiger partial charge is 0.342 e. The third-order valence-corrected chi connectivity index (χ3v) is 2.58. The number of amides is 1. The Morgan fingerprint density at radius 3 is 2.60 bits per heavy atom. The van der Waals surface area contributed by atoms with E-state index in [9.17, 15) is 14.7 Å². The lowest BCUT2D eigenvalue weighted by molar-refractivity contribution is -0.124. The molecule has 0 aliphatic heterocycles. The summed E-state index contributed by atoms with van der Waals surface area (Å²) in [5, 5.41) is 21.2. The van der Waals surface area contributed by atoms with Crippen molar-refractivity contribution in [1.82, 2.24) is 5.32 Å². The largest absolute Gasteiger partial charge is 0.508 e. The van der Waals surface area contributed by atoms with Crippen molar-refractivity contribution in [3.8, 4) is 11.5 Å². The molecule has 0 atom stereocenters. The van der Waals surface area contributed by atoms with E-state index >= 15 is 0 Å². The Labute approximate surface area is 117 Å². The molecule has 6 nitrogen and oxygen atoms in total. The van der Waals surface area contributed by atoms with Gasteiger partial charge in [0, 0.05) is 12.6 Å². The summed E-state index contributed by atoms with van der Waals surface area (Å²) in [5.41, 5.74) is -0.0993. The molecule has 1 rings (SSSR count). The van der Waals surface area contributed by atoms with E-state index in [4.69, 9.17) is 9.84 Å². The van der Waals surface area contributed by atoms with E-state index in [1.807, 2.05) is 13.8 Å². The standard InChI is InChI=1S/C14H19NO5/c1-9(2)5-6-15-13(18)8-20-14(19)11-4-3-10(16)7-12(11)17/h3-4,7,9,16-17H,5-6,8H2,1-2H3,(H,15,18). The highest BCUT2D eigenvalue weighted by molar-refractivity contribution is 5.94. The molecular formula is C14H19NO5. The highest BCUT2D eigenvalue weighted by Gasteiger charge is 2.14. The summed E-state index contributed by atoms with van der Waals surface area (Å²) in [4.78, 5) is 23.0. The van der Waals surface area contributed by atoms with Crippen molar-refractivity contribution in [2.45, 2.75) is 20.3 Å². The zero-order valence-corrected chi connectivity index (χ0v) is 11.5. The normalized spacial score (nSPS) is 10.3. The van der Waals surface area contributed by atoms with Crippen LogP contribution in [0, 0.1) is 5.92 Å². The summed E-state index contributed by atoms with van der Waals surface area (Å²) < 4.78 is 4.78. The molecule has 3 N–H and O–H groups in total. The van der Waals surface area contributed by atoms with Crippen LogP contribution in [-0.2, 0) is 9.53 Å². The topological polar surface area (TPSA) is 95.9 Å². The summed E-state index contributed by atoms with van der Waals surface area (Å²) >= 11 is 0. The van der Waals surface area contributed by atoms with E-state index < -0.39 is 24.2 Å². The lowest BCUT2D eigenvalue weighted by Gasteiger charge is -2.08. The number of aromatic hydroxyl groups is 2. The molecule has 0 aliphatic carbocycles. The first-order valence-electron chi connectivity index (χ1n) is 6.36. The number of ether oxygens (including phenoxy) is 1. The monoisotopic (exact) mass is 281 g/mol. The highest BCUT2D eigenvalue weighted by Crippen LogP contribution is 2.22. The van der Waals surface area contributed by atoms with E-state index in [1.165, 1.54) is 12.1 Å². The third kappa shape index (κ3) is 5.17. The number of benzene rings is 1. The van der Waals surface area contributed by atoms with Gasteiger partial charge in [-0.05, 0) is 24.5 Å². The van der Waals surface area contributed by atoms with Crippen LogP contribution in [0.4, 0.5) is 0 Å². The van der Waals surface area contributed by atoms with E-state index in [1.54, 1.807) is 0 Å². The Bertz CT molecular complexity index is 484. The molecule has 0 saturated carbocycles. The number of carbonyl (C=O) groups is 2. The molecular weight excluding hydrogens is 262 g/mol. The van der Waals surface area contributed by atoms with Gasteiger partial charge in [0.05, 0.1) is 0 Å². The maximum atomic E-state index is 11.6. The second-order valence-corrected chi connectivity index (χ2v) is 4.81. The van der Waals surface area contributed by atoms with E-state index in [0.29, 0.717) is 12.5 Å². The molecule has 0 aromatic heterocycles. The number of phenols is 2. The first-order chi connectivity index (χ1) is 9.40. The highest BCUT2D eigenvalue weighted by atomic mass is 16.5. The Morgan fingerprint density at radius 2 is 2.00 bits per heavy atom. The van der Waals surface area contributed by atoms with Crippen LogP contribution in [0.15, 0.2) is 18.2 Å². The zero-order valence-electron chi connectivity index (χ0n) is 11.5. The summed E-state index contributed by atoms with van der Waals surface area (Å²) in [6.45, 7) is 4.20. The molecule has 0 bridgehead atoms. The minimum absolute atomic E-state index is 0.0993. The van der Waals surface area contributed by atoms with E-state index in [2.05, 4.69) is 5.32 Å². The van der Waals surface area contributed by atoms with Crippen molar-refractivity contribution in [2.75, 3.05) is 13.2 Å². The number of hydrogen-bond donors (Lipinski definition) is 3. The molecule has 6 heteroatoms. The van der Waals surface area contributed by atoms with Gasteiger partial charge in [0.15, 0.2) is 6.61 Å². The Hall–Kier alpha value is -2.24. The Kier molecular flexibility index (Phi) is 5.83. The molecule has 0 radical (unpaired) electrons. The quantitative estimate of drug-likeness (QED) is 0.685. The van der Waals surface area contributed by atoms with Gasteiger partial charge in [-0.25, -0.2) is 4.79 Å². The van der Waals surface area contributed by atoms with Crippen LogP contribution in [0.2, 0.25) is 0 Å². The molecule has 20 heavy (non-hydrogen) atoms. The number of nitrogens with one attached hydrogen (secondary N) is 1. The van der Waals surface area contributed by atoms with Gasteiger partial charge in [-0.15, -0.1) is 0 Å². The molecule has 1 amide bonds. The second-order valence-electron chi connectivity index (χ2n) is 4.81. The fourth-order valence-corrected chi connectivity index (χ4v) is 1.45. The number of carbonyl (C=O) groups excluding carboxylic acids is 2. The third-order valence-electron chi connectivity index (χ3n) is 2.58. The molecule has 0 unspecified atom stereocenters. The first kappa shape index (κ1) is 15.8. The van der Waals surface area contributed by atoms with Gasteiger partial charge in [0.1, 0.15) is 17.1 Å². The zero-order chi connectivity index (χ0) is 15.1. The van der Waals surface area contributed by atoms with Gasteiger partial charge in [-0.2, -0.15) is 0 Å². The van der Waals surface area contributed by atoms with Gasteiger partial charge in [-0.3, -0.25) is 4.79 Å². The maximum Gasteiger partial charge on any atom is 0.342 e. The average Bonchev–Trinajstić information content (AvgIpc) is 2.35. The molecule has 0 spiro atoms. The van der Waals surface area contributed by atoms with Crippen LogP contribution in [0.25, 0.3) is 0 Å². The molecule has 0 aliphatic rings. The maximum absolute atomic E-state index is 11.6. The molecule has 110 valence electrons. The first-order valence-corrected chi connectivity index (χ1v) is 6.36. The van der Waals surface area contributed by atoms with Gasteiger partial charge in [-0.1, -0.05) is 13.8 Å². The van der Waals surface area contributed by atoms with Crippen LogP contribution >= 0.6 is 0 Å². The SMILES string of the molecule is CC(C)CCNC(=O)COC(=O)c1ccc(O)cc1O. The fourth-order valence-electron chi connectivity index (χ4n) is 1.45. The lowest BCUT2D eigenvalue weighted by atomic mass is 10.1. The average molecular weight is 281 g/mol. The molecule has 1 aromatic carbocycles. The van der Waals surface area contributed by atoms with Crippen molar-refractivity contribution in [3.05, 3.63) is 23.8 Å². The van der Waals surface area contributed by atoms with Gasteiger partial charge < -0.3 is 20.3 Å². The van der Waals surface area contributed by atoms with Crippen LogP contribution in [-0.4, -0.2) is 35.2 Å². The van der Waals surface area contributed by atoms with Gasteiger partial charge in [0.2, 0.25) is 0 Å². The minimum Gasteiger partial charge on any atom is -0.508 e. The number of rotatable bonds is 6. The molecule has 0 saturated heterocycles.